The first kappa shape index (κ1) is 10.5. The van der Waals surface area contributed by atoms with Crippen molar-refractivity contribution in [2.75, 3.05) is 0 Å². The third-order valence-electron chi connectivity index (χ3n) is 2.11. The maximum atomic E-state index is 9.57. The minimum Gasteiger partial charge on any atom is -0.392 e. The quantitative estimate of drug-likeness (QED) is 0.615. The molecule has 0 aromatic heterocycles. The minimum atomic E-state index is -0.354. The maximum Gasteiger partial charge on any atom is 0.0700 e. The van der Waals surface area contributed by atoms with E-state index in [0.717, 1.165) is 12.8 Å². The molecule has 0 amide bonds. The van der Waals surface area contributed by atoms with Gasteiger partial charge >= 0.3 is 0 Å². The molecule has 0 aromatic carbocycles. The predicted molar refractivity (Wildman–Crippen MR) is 48.1 cm³/mol. The van der Waals surface area contributed by atoms with Crippen LogP contribution in [0.2, 0.25) is 0 Å². The average Bonchev–Trinajstić information content (AvgIpc) is 1.88. The lowest BCUT2D eigenvalue weighted by atomic mass is 9.81. The van der Waals surface area contributed by atoms with E-state index in [2.05, 4.69) is 26.7 Å². The van der Waals surface area contributed by atoms with Crippen molar-refractivity contribution >= 4 is 0 Å². The van der Waals surface area contributed by atoms with E-state index < -0.39 is 0 Å². The molecule has 1 unspecified atom stereocenters. The summed E-state index contributed by atoms with van der Waals surface area (Å²) in [6.45, 7) is 6.22. The van der Waals surface area contributed by atoms with Gasteiger partial charge in [-0.1, -0.05) is 27.2 Å². The molecule has 0 saturated carbocycles. The Morgan fingerprint density at radius 2 is 2.09 bits per heavy atom. The second-order valence-corrected chi connectivity index (χ2v) is 3.66. The van der Waals surface area contributed by atoms with E-state index in [1.165, 1.54) is 0 Å². The molecule has 1 nitrogen and oxygen atoms in total. The van der Waals surface area contributed by atoms with Gasteiger partial charge in [0.25, 0.3) is 0 Å². The fraction of sp³-hybridized carbons (Fsp3) is 0.800. The standard InChI is InChI=1S/C10H18O/c1-5-7-9(11)10(3,4)8-6-2/h1,9,11H,6-8H2,2-4H3. The monoisotopic (exact) mass is 154 g/mol. The maximum absolute atomic E-state index is 9.57. The van der Waals surface area contributed by atoms with E-state index in [4.69, 9.17) is 6.42 Å². The van der Waals surface area contributed by atoms with Crippen LogP contribution < -0.4 is 0 Å². The molecule has 64 valence electrons. The van der Waals surface area contributed by atoms with E-state index in [0.29, 0.717) is 6.42 Å². The first-order chi connectivity index (χ1) is 5.04. The van der Waals surface area contributed by atoms with Crippen LogP contribution in [0.25, 0.3) is 0 Å². The van der Waals surface area contributed by atoms with Crippen molar-refractivity contribution in [3.63, 3.8) is 0 Å². The Labute approximate surface area is 69.8 Å². The van der Waals surface area contributed by atoms with Gasteiger partial charge in [-0.15, -0.1) is 12.3 Å². The molecule has 0 aliphatic heterocycles. The molecule has 0 aliphatic rings. The van der Waals surface area contributed by atoms with Crippen LogP contribution in [0.5, 0.6) is 0 Å². The zero-order chi connectivity index (χ0) is 8.91. The highest BCUT2D eigenvalue weighted by Gasteiger charge is 2.25. The van der Waals surface area contributed by atoms with E-state index in [1.54, 1.807) is 0 Å². The molecule has 1 heteroatoms. The fourth-order valence-electron chi connectivity index (χ4n) is 1.20. The summed E-state index contributed by atoms with van der Waals surface area (Å²) in [6.07, 6.45) is 7.34. The van der Waals surface area contributed by atoms with Gasteiger partial charge in [-0.3, -0.25) is 0 Å². The van der Waals surface area contributed by atoms with Gasteiger partial charge < -0.3 is 5.11 Å². The molecule has 11 heavy (non-hydrogen) atoms. The summed E-state index contributed by atoms with van der Waals surface area (Å²) in [5.41, 5.74) is -0.0267. The Hall–Kier alpha value is -0.480. The second kappa shape index (κ2) is 4.41. The van der Waals surface area contributed by atoms with Crippen molar-refractivity contribution < 1.29 is 5.11 Å². The lowest BCUT2D eigenvalue weighted by Gasteiger charge is -2.28. The molecular formula is C10H18O. The van der Waals surface area contributed by atoms with Gasteiger partial charge in [-0.05, 0) is 11.8 Å². The molecule has 0 heterocycles. The summed E-state index contributed by atoms with van der Waals surface area (Å²) < 4.78 is 0. The van der Waals surface area contributed by atoms with Gasteiger partial charge in [0.05, 0.1) is 6.10 Å². The SMILES string of the molecule is C#CCC(O)C(C)(C)CCC. The van der Waals surface area contributed by atoms with Crippen LogP contribution in [-0.2, 0) is 0 Å². The Morgan fingerprint density at radius 3 is 2.45 bits per heavy atom. The van der Waals surface area contributed by atoms with Crippen molar-refractivity contribution in [1.82, 2.24) is 0 Å². The van der Waals surface area contributed by atoms with E-state index in [9.17, 15) is 5.11 Å². The number of rotatable bonds is 4. The molecule has 0 radical (unpaired) electrons. The third-order valence-corrected chi connectivity index (χ3v) is 2.11. The highest BCUT2D eigenvalue weighted by Crippen LogP contribution is 2.28. The number of terminal acetylenes is 1. The van der Waals surface area contributed by atoms with Crippen molar-refractivity contribution in [3.05, 3.63) is 0 Å². The Kier molecular flexibility index (Phi) is 4.22. The molecule has 1 atom stereocenters. The summed E-state index contributed by atoms with van der Waals surface area (Å²) >= 11 is 0. The van der Waals surface area contributed by atoms with Crippen LogP contribution in [-0.4, -0.2) is 11.2 Å². The van der Waals surface area contributed by atoms with E-state index in [1.807, 2.05) is 0 Å². The van der Waals surface area contributed by atoms with Gasteiger partial charge in [0, 0.05) is 6.42 Å². The number of aliphatic hydroxyl groups excluding tert-OH is 1. The van der Waals surface area contributed by atoms with Gasteiger partial charge in [0.2, 0.25) is 0 Å². The molecule has 0 fully saturated rings. The molecule has 0 aromatic rings. The van der Waals surface area contributed by atoms with E-state index in [-0.39, 0.29) is 11.5 Å². The largest absolute Gasteiger partial charge is 0.392 e. The summed E-state index contributed by atoms with van der Waals surface area (Å²) in [5.74, 6) is 2.48. The lowest BCUT2D eigenvalue weighted by molar-refractivity contribution is 0.0478. The molecule has 0 rings (SSSR count). The number of hydrogen-bond donors (Lipinski definition) is 1. The highest BCUT2D eigenvalue weighted by atomic mass is 16.3. The summed E-state index contributed by atoms with van der Waals surface area (Å²) in [6, 6.07) is 0. The zero-order valence-corrected chi connectivity index (χ0v) is 7.72. The van der Waals surface area contributed by atoms with Crippen LogP contribution in [0.4, 0.5) is 0 Å². The van der Waals surface area contributed by atoms with Crippen LogP contribution in [0.15, 0.2) is 0 Å². The van der Waals surface area contributed by atoms with Crippen molar-refractivity contribution in [2.45, 2.75) is 46.1 Å². The second-order valence-electron chi connectivity index (χ2n) is 3.66. The molecule has 0 saturated heterocycles. The topological polar surface area (TPSA) is 20.2 Å². The van der Waals surface area contributed by atoms with Crippen molar-refractivity contribution in [3.8, 4) is 12.3 Å². The molecule has 0 aliphatic carbocycles. The number of hydrogen-bond acceptors (Lipinski definition) is 1. The highest BCUT2D eigenvalue weighted by molar-refractivity contribution is 4.91. The van der Waals surface area contributed by atoms with Gasteiger partial charge in [-0.25, -0.2) is 0 Å². The van der Waals surface area contributed by atoms with Gasteiger partial charge in [0.1, 0.15) is 0 Å². The first-order valence-corrected chi connectivity index (χ1v) is 4.16. The molecular weight excluding hydrogens is 136 g/mol. The van der Waals surface area contributed by atoms with Crippen molar-refractivity contribution in [2.24, 2.45) is 5.41 Å². The third kappa shape index (κ3) is 3.43. The average molecular weight is 154 g/mol. The summed E-state index contributed by atoms with van der Waals surface area (Å²) in [7, 11) is 0. The van der Waals surface area contributed by atoms with Gasteiger partial charge in [0.15, 0.2) is 0 Å². The van der Waals surface area contributed by atoms with Crippen LogP contribution >= 0.6 is 0 Å². The zero-order valence-electron chi connectivity index (χ0n) is 7.72. The lowest BCUT2D eigenvalue weighted by Crippen LogP contribution is -2.28. The fourth-order valence-corrected chi connectivity index (χ4v) is 1.20. The van der Waals surface area contributed by atoms with Gasteiger partial charge in [-0.2, -0.15) is 0 Å². The minimum absolute atomic E-state index is 0.0267. The smallest absolute Gasteiger partial charge is 0.0700 e. The molecule has 0 bridgehead atoms. The predicted octanol–water partition coefficient (Wildman–Crippen LogP) is 2.20. The van der Waals surface area contributed by atoms with Crippen LogP contribution in [0, 0.1) is 17.8 Å². The first-order valence-electron chi connectivity index (χ1n) is 4.16. The van der Waals surface area contributed by atoms with Crippen molar-refractivity contribution in [1.29, 1.82) is 0 Å². The van der Waals surface area contributed by atoms with Crippen LogP contribution in [0.1, 0.15) is 40.0 Å². The normalized spacial score (nSPS) is 14.1. The summed E-state index contributed by atoms with van der Waals surface area (Å²) in [5, 5.41) is 9.57. The molecule has 1 N–H and O–H groups in total. The van der Waals surface area contributed by atoms with E-state index >= 15 is 0 Å². The van der Waals surface area contributed by atoms with Crippen LogP contribution in [0.3, 0.4) is 0 Å². The Bertz CT molecular complexity index is 141. The number of aliphatic hydroxyl groups is 1. The Balaban J connectivity index is 3.96. The molecule has 0 spiro atoms. The summed E-state index contributed by atoms with van der Waals surface area (Å²) in [4.78, 5) is 0. The Morgan fingerprint density at radius 1 is 1.55 bits per heavy atom.